The van der Waals surface area contributed by atoms with Crippen molar-refractivity contribution < 1.29 is 22.7 Å². The summed E-state index contributed by atoms with van der Waals surface area (Å²) in [5.41, 5.74) is 2.61. The number of fused-ring (bicyclic) bond motifs is 1. The molecule has 0 bridgehead atoms. The summed E-state index contributed by atoms with van der Waals surface area (Å²) >= 11 is 1.48. The number of carbonyl (C=O) groups excluding carboxylic acids is 1. The summed E-state index contributed by atoms with van der Waals surface area (Å²) in [4.78, 5) is 19.1. The average Bonchev–Trinajstić information content (AvgIpc) is 3.51. The third-order valence-corrected chi connectivity index (χ3v) is 6.42. The molecule has 4 heterocycles. The van der Waals surface area contributed by atoms with Gasteiger partial charge in [0.25, 0.3) is 5.91 Å². The van der Waals surface area contributed by atoms with Crippen LogP contribution < -0.4 is 4.74 Å². The van der Waals surface area contributed by atoms with Crippen LogP contribution in [0.2, 0.25) is 0 Å². The molecule has 0 N–H and O–H groups in total. The summed E-state index contributed by atoms with van der Waals surface area (Å²) < 4.78 is 46.7. The molecule has 7 nitrogen and oxygen atoms in total. The second-order valence-corrected chi connectivity index (χ2v) is 8.81. The first-order valence-electron chi connectivity index (χ1n) is 10.7. The van der Waals surface area contributed by atoms with Crippen molar-refractivity contribution in [1.82, 2.24) is 24.5 Å². The van der Waals surface area contributed by atoms with Crippen molar-refractivity contribution in [2.45, 2.75) is 31.5 Å². The lowest BCUT2D eigenvalue weighted by atomic mass is 9.96. The van der Waals surface area contributed by atoms with Crippen LogP contribution in [0.25, 0.3) is 5.65 Å². The maximum atomic E-state index is 13.2. The minimum absolute atomic E-state index is 0.159. The fourth-order valence-electron chi connectivity index (χ4n) is 4.09. The molecule has 5 rings (SSSR count). The average molecular weight is 488 g/mol. The Morgan fingerprint density at radius 2 is 2.09 bits per heavy atom. The van der Waals surface area contributed by atoms with Gasteiger partial charge in [0.1, 0.15) is 18.2 Å². The van der Waals surface area contributed by atoms with Gasteiger partial charge in [-0.2, -0.15) is 13.2 Å². The van der Waals surface area contributed by atoms with Gasteiger partial charge in [-0.25, -0.2) is 4.98 Å². The van der Waals surface area contributed by atoms with Gasteiger partial charge >= 0.3 is 6.18 Å². The Kier molecular flexibility index (Phi) is 5.94. The minimum atomic E-state index is -4.46. The van der Waals surface area contributed by atoms with E-state index in [9.17, 15) is 18.0 Å². The molecule has 34 heavy (non-hydrogen) atoms. The fraction of sp³-hybridized carbons (Fsp3) is 0.304. The highest BCUT2D eigenvalue weighted by Crippen LogP contribution is 2.32. The molecule has 1 saturated heterocycles. The Balaban J connectivity index is 1.33. The molecule has 1 aromatic carbocycles. The fourth-order valence-corrected chi connectivity index (χ4v) is 4.64. The predicted octanol–water partition coefficient (Wildman–Crippen LogP) is 4.80. The number of amides is 1. The lowest BCUT2D eigenvalue weighted by molar-refractivity contribution is -0.137. The van der Waals surface area contributed by atoms with Crippen LogP contribution in [0.1, 0.15) is 46.2 Å². The van der Waals surface area contributed by atoms with Crippen molar-refractivity contribution in [2.75, 3.05) is 13.1 Å². The molecule has 1 unspecified atom stereocenters. The number of piperidine rings is 1. The maximum absolute atomic E-state index is 13.2. The van der Waals surface area contributed by atoms with Crippen LogP contribution in [0.4, 0.5) is 13.2 Å². The molecule has 0 aliphatic carbocycles. The number of rotatable bonds is 5. The molecule has 3 aromatic heterocycles. The quantitative estimate of drug-likeness (QED) is 0.404. The molecule has 0 spiro atoms. The van der Waals surface area contributed by atoms with Gasteiger partial charge in [0.2, 0.25) is 0 Å². The molecular weight excluding hydrogens is 467 g/mol. The van der Waals surface area contributed by atoms with Gasteiger partial charge in [0, 0.05) is 36.1 Å². The SMILES string of the molecule is O=C(c1cccc(OCc2cscn2)c1)N1CCCC(c2nnc3ccc(C(F)(F)F)cn23)C1. The van der Waals surface area contributed by atoms with E-state index in [1.54, 1.807) is 34.7 Å². The molecule has 176 valence electrons. The van der Waals surface area contributed by atoms with Gasteiger partial charge < -0.3 is 9.64 Å². The normalized spacial score (nSPS) is 16.7. The summed E-state index contributed by atoms with van der Waals surface area (Å²) in [6.07, 6.45) is -2.02. The van der Waals surface area contributed by atoms with Crippen LogP contribution in [0.3, 0.4) is 0 Å². The summed E-state index contributed by atoms with van der Waals surface area (Å²) in [6.45, 7) is 1.22. The number of thiazole rings is 1. The van der Waals surface area contributed by atoms with Crippen molar-refractivity contribution in [3.05, 3.63) is 76.1 Å². The van der Waals surface area contributed by atoms with Crippen molar-refractivity contribution in [3.8, 4) is 5.75 Å². The van der Waals surface area contributed by atoms with Gasteiger partial charge in [0.05, 0.1) is 16.8 Å². The van der Waals surface area contributed by atoms with E-state index in [-0.39, 0.29) is 11.8 Å². The Labute approximate surface area is 196 Å². The second kappa shape index (κ2) is 9.05. The van der Waals surface area contributed by atoms with Gasteiger partial charge in [-0.15, -0.1) is 21.5 Å². The van der Waals surface area contributed by atoms with Gasteiger partial charge in [-0.3, -0.25) is 9.20 Å². The summed E-state index contributed by atoms with van der Waals surface area (Å²) in [7, 11) is 0. The van der Waals surface area contributed by atoms with Crippen molar-refractivity contribution in [2.24, 2.45) is 0 Å². The largest absolute Gasteiger partial charge is 0.487 e. The molecule has 1 amide bonds. The smallest absolute Gasteiger partial charge is 0.417 e. The number of likely N-dealkylation sites (tertiary alicyclic amines) is 1. The highest BCUT2D eigenvalue weighted by Gasteiger charge is 2.33. The van der Waals surface area contributed by atoms with Crippen LogP contribution in [0.5, 0.6) is 5.75 Å². The van der Waals surface area contributed by atoms with E-state index < -0.39 is 11.7 Å². The zero-order valence-corrected chi connectivity index (χ0v) is 18.7. The molecule has 1 aliphatic rings. The molecule has 0 radical (unpaired) electrons. The third-order valence-electron chi connectivity index (χ3n) is 5.78. The standard InChI is InChI=1S/C23H20F3N5O2S/c24-23(25,26)17-6-7-20-28-29-21(31(20)11-17)16-4-2-8-30(10-16)22(32)15-3-1-5-19(9-15)33-12-18-13-34-14-27-18/h1,3,5-7,9,11,13-14,16H,2,4,8,10,12H2. The Hall–Kier alpha value is -3.47. The van der Waals surface area contributed by atoms with E-state index in [0.29, 0.717) is 55.3 Å². The highest BCUT2D eigenvalue weighted by molar-refractivity contribution is 7.07. The number of halogens is 3. The number of alkyl halides is 3. The Morgan fingerprint density at radius 1 is 1.21 bits per heavy atom. The number of hydrogen-bond donors (Lipinski definition) is 0. The van der Waals surface area contributed by atoms with E-state index >= 15 is 0 Å². The van der Waals surface area contributed by atoms with Crippen molar-refractivity contribution in [1.29, 1.82) is 0 Å². The van der Waals surface area contributed by atoms with Gasteiger partial charge in [-0.1, -0.05) is 6.07 Å². The number of carbonyl (C=O) groups is 1. The van der Waals surface area contributed by atoms with E-state index in [2.05, 4.69) is 15.2 Å². The van der Waals surface area contributed by atoms with Crippen LogP contribution in [0, 0.1) is 0 Å². The van der Waals surface area contributed by atoms with Crippen LogP contribution >= 0.6 is 11.3 Å². The lowest BCUT2D eigenvalue weighted by Gasteiger charge is -2.32. The summed E-state index contributed by atoms with van der Waals surface area (Å²) in [5, 5.41) is 10.1. The number of nitrogens with zero attached hydrogens (tertiary/aromatic N) is 5. The van der Waals surface area contributed by atoms with E-state index in [4.69, 9.17) is 4.74 Å². The molecule has 0 saturated carbocycles. The topological polar surface area (TPSA) is 72.6 Å². The minimum Gasteiger partial charge on any atom is -0.487 e. The van der Waals surface area contributed by atoms with Crippen LogP contribution in [-0.4, -0.2) is 43.5 Å². The molecule has 1 atom stereocenters. The molecule has 4 aromatic rings. The Morgan fingerprint density at radius 3 is 2.88 bits per heavy atom. The van der Waals surface area contributed by atoms with E-state index in [1.807, 2.05) is 5.38 Å². The predicted molar refractivity (Wildman–Crippen MR) is 119 cm³/mol. The molecule has 11 heteroatoms. The molecular formula is C23H20F3N5O2S. The molecule has 1 fully saturated rings. The van der Waals surface area contributed by atoms with E-state index in [1.165, 1.54) is 21.8 Å². The lowest BCUT2D eigenvalue weighted by Crippen LogP contribution is -2.39. The first-order chi connectivity index (χ1) is 16.4. The molecule has 1 aliphatic heterocycles. The van der Waals surface area contributed by atoms with Crippen molar-refractivity contribution >= 4 is 22.9 Å². The first-order valence-corrected chi connectivity index (χ1v) is 11.6. The van der Waals surface area contributed by atoms with Crippen LogP contribution in [0.15, 0.2) is 53.5 Å². The summed E-state index contributed by atoms with van der Waals surface area (Å²) in [6, 6.07) is 9.26. The second-order valence-electron chi connectivity index (χ2n) is 8.09. The number of aromatic nitrogens is 4. The number of ether oxygens (including phenoxy) is 1. The monoisotopic (exact) mass is 487 g/mol. The maximum Gasteiger partial charge on any atom is 0.417 e. The highest BCUT2D eigenvalue weighted by atomic mass is 32.1. The number of benzene rings is 1. The Bertz CT molecular complexity index is 1310. The van der Waals surface area contributed by atoms with Gasteiger partial charge in [-0.05, 0) is 43.2 Å². The van der Waals surface area contributed by atoms with Gasteiger partial charge in [0.15, 0.2) is 5.65 Å². The zero-order chi connectivity index (χ0) is 23.7. The summed E-state index contributed by atoms with van der Waals surface area (Å²) in [5.74, 6) is 0.614. The van der Waals surface area contributed by atoms with Crippen molar-refractivity contribution in [3.63, 3.8) is 0 Å². The van der Waals surface area contributed by atoms with E-state index in [0.717, 1.165) is 18.0 Å². The van der Waals surface area contributed by atoms with Crippen LogP contribution in [-0.2, 0) is 12.8 Å². The third kappa shape index (κ3) is 4.60. The number of hydrogen-bond acceptors (Lipinski definition) is 6. The number of pyridine rings is 1. The first kappa shape index (κ1) is 22.3. The zero-order valence-electron chi connectivity index (χ0n) is 17.9.